The monoisotopic (exact) mass is 238 g/mol. The molecule has 0 saturated heterocycles. The Morgan fingerprint density at radius 3 is 2.59 bits per heavy atom. The SMILES string of the molecule is Cn1nnc(C#N)c1-c1ccc(F)c(F)c1F. The van der Waals surface area contributed by atoms with Crippen LogP contribution in [0.4, 0.5) is 13.2 Å². The number of hydrogen-bond acceptors (Lipinski definition) is 3. The number of nitriles is 1. The van der Waals surface area contributed by atoms with Crippen LogP contribution in [0.25, 0.3) is 11.3 Å². The van der Waals surface area contributed by atoms with Crippen LogP contribution in [-0.4, -0.2) is 15.0 Å². The van der Waals surface area contributed by atoms with Crippen molar-refractivity contribution in [2.45, 2.75) is 0 Å². The highest BCUT2D eigenvalue weighted by Crippen LogP contribution is 2.26. The predicted octanol–water partition coefficient (Wildman–Crippen LogP) is 1.77. The van der Waals surface area contributed by atoms with Gasteiger partial charge in [-0.3, -0.25) is 0 Å². The Balaban J connectivity index is 2.74. The predicted molar refractivity (Wildman–Crippen MR) is 51.0 cm³/mol. The van der Waals surface area contributed by atoms with E-state index in [0.29, 0.717) is 0 Å². The van der Waals surface area contributed by atoms with E-state index in [1.165, 1.54) is 7.05 Å². The van der Waals surface area contributed by atoms with Gasteiger partial charge in [0.2, 0.25) is 0 Å². The number of rotatable bonds is 1. The molecule has 0 radical (unpaired) electrons. The second-order valence-electron chi connectivity index (χ2n) is 3.24. The van der Waals surface area contributed by atoms with E-state index in [9.17, 15) is 13.2 Å². The zero-order valence-electron chi connectivity index (χ0n) is 8.58. The lowest BCUT2D eigenvalue weighted by Crippen LogP contribution is -2.00. The van der Waals surface area contributed by atoms with E-state index in [1.807, 2.05) is 0 Å². The van der Waals surface area contributed by atoms with Gasteiger partial charge in [0.05, 0.1) is 0 Å². The Labute approximate surface area is 93.9 Å². The van der Waals surface area contributed by atoms with Crippen LogP contribution in [-0.2, 0) is 7.05 Å². The lowest BCUT2D eigenvalue weighted by Gasteiger charge is -2.04. The number of aromatic nitrogens is 3. The molecule has 0 bridgehead atoms. The highest BCUT2D eigenvalue weighted by Gasteiger charge is 2.20. The number of hydrogen-bond donors (Lipinski definition) is 0. The maximum absolute atomic E-state index is 13.5. The third kappa shape index (κ3) is 1.63. The van der Waals surface area contributed by atoms with Crippen molar-refractivity contribution in [1.82, 2.24) is 15.0 Å². The fourth-order valence-electron chi connectivity index (χ4n) is 1.44. The Kier molecular flexibility index (Phi) is 2.55. The Morgan fingerprint density at radius 2 is 1.94 bits per heavy atom. The molecule has 1 aromatic carbocycles. The van der Waals surface area contributed by atoms with Crippen molar-refractivity contribution in [2.75, 3.05) is 0 Å². The van der Waals surface area contributed by atoms with Gasteiger partial charge in [0.25, 0.3) is 0 Å². The van der Waals surface area contributed by atoms with Crippen LogP contribution in [0.3, 0.4) is 0 Å². The van der Waals surface area contributed by atoms with Crippen LogP contribution >= 0.6 is 0 Å². The minimum atomic E-state index is -1.59. The molecule has 0 aliphatic carbocycles. The Morgan fingerprint density at radius 1 is 1.24 bits per heavy atom. The third-order valence-electron chi connectivity index (χ3n) is 2.22. The van der Waals surface area contributed by atoms with Gasteiger partial charge in [-0.2, -0.15) is 5.26 Å². The van der Waals surface area contributed by atoms with Crippen molar-refractivity contribution in [3.05, 3.63) is 35.3 Å². The molecule has 0 atom stereocenters. The van der Waals surface area contributed by atoms with E-state index in [-0.39, 0.29) is 17.0 Å². The zero-order chi connectivity index (χ0) is 12.6. The normalized spacial score (nSPS) is 10.3. The van der Waals surface area contributed by atoms with Gasteiger partial charge < -0.3 is 0 Å². The van der Waals surface area contributed by atoms with Gasteiger partial charge in [-0.15, -0.1) is 5.10 Å². The second kappa shape index (κ2) is 3.90. The van der Waals surface area contributed by atoms with E-state index in [1.54, 1.807) is 6.07 Å². The molecule has 0 aliphatic rings. The molecule has 0 amide bonds. The van der Waals surface area contributed by atoms with Gasteiger partial charge in [0, 0.05) is 12.6 Å². The van der Waals surface area contributed by atoms with Crippen LogP contribution in [0.1, 0.15) is 5.69 Å². The maximum atomic E-state index is 13.5. The lowest BCUT2D eigenvalue weighted by molar-refractivity contribution is 0.448. The first-order valence-electron chi connectivity index (χ1n) is 4.50. The summed E-state index contributed by atoms with van der Waals surface area (Å²) < 4.78 is 40.5. The average Bonchev–Trinajstić information content (AvgIpc) is 2.68. The molecule has 0 saturated carbocycles. The first-order chi connectivity index (χ1) is 8.06. The first kappa shape index (κ1) is 11.1. The van der Waals surface area contributed by atoms with E-state index >= 15 is 0 Å². The Bertz CT molecular complexity index is 627. The summed E-state index contributed by atoms with van der Waals surface area (Å²) in [4.78, 5) is 0. The fraction of sp³-hybridized carbons (Fsp3) is 0.100. The topological polar surface area (TPSA) is 54.5 Å². The summed E-state index contributed by atoms with van der Waals surface area (Å²) in [6, 6.07) is 3.51. The fourth-order valence-corrected chi connectivity index (χ4v) is 1.44. The van der Waals surface area contributed by atoms with Crippen LogP contribution in [0, 0.1) is 28.8 Å². The molecule has 4 nitrogen and oxygen atoms in total. The van der Waals surface area contributed by atoms with E-state index in [0.717, 1.165) is 16.8 Å². The summed E-state index contributed by atoms with van der Waals surface area (Å²) >= 11 is 0. The minimum absolute atomic E-state index is 0.00361. The summed E-state index contributed by atoms with van der Waals surface area (Å²) in [5.41, 5.74) is -0.408. The smallest absolute Gasteiger partial charge is 0.195 e. The van der Waals surface area contributed by atoms with Crippen LogP contribution in [0.5, 0.6) is 0 Å². The van der Waals surface area contributed by atoms with Crippen LogP contribution in [0.15, 0.2) is 12.1 Å². The quantitative estimate of drug-likeness (QED) is 0.711. The average molecular weight is 238 g/mol. The summed E-state index contributed by atoms with van der Waals surface area (Å²) in [7, 11) is 1.42. The molecule has 7 heteroatoms. The van der Waals surface area contributed by atoms with Crippen molar-refractivity contribution in [1.29, 1.82) is 5.26 Å². The van der Waals surface area contributed by atoms with Gasteiger partial charge in [-0.25, -0.2) is 17.9 Å². The summed E-state index contributed by atoms with van der Waals surface area (Å²) in [6.07, 6.45) is 0. The van der Waals surface area contributed by atoms with Crippen molar-refractivity contribution < 1.29 is 13.2 Å². The minimum Gasteiger partial charge on any atom is -0.246 e. The molecule has 17 heavy (non-hydrogen) atoms. The van der Waals surface area contributed by atoms with Gasteiger partial charge in [0.1, 0.15) is 11.8 Å². The third-order valence-corrected chi connectivity index (χ3v) is 2.22. The molecule has 1 aromatic heterocycles. The van der Waals surface area contributed by atoms with E-state index in [4.69, 9.17) is 5.26 Å². The van der Waals surface area contributed by atoms with Crippen molar-refractivity contribution >= 4 is 0 Å². The molecular formula is C10H5F3N4. The summed E-state index contributed by atoms with van der Waals surface area (Å²) in [6.45, 7) is 0. The number of nitrogens with zero attached hydrogens (tertiary/aromatic N) is 4. The molecular weight excluding hydrogens is 233 g/mol. The molecule has 0 spiro atoms. The summed E-state index contributed by atoms with van der Waals surface area (Å²) in [5, 5.41) is 15.7. The lowest BCUT2D eigenvalue weighted by atomic mass is 10.1. The molecule has 0 N–H and O–H groups in total. The van der Waals surface area contributed by atoms with E-state index in [2.05, 4.69) is 10.3 Å². The van der Waals surface area contributed by atoms with Crippen LogP contribution < -0.4 is 0 Å². The van der Waals surface area contributed by atoms with Gasteiger partial charge in [-0.1, -0.05) is 5.21 Å². The van der Waals surface area contributed by atoms with E-state index < -0.39 is 17.5 Å². The van der Waals surface area contributed by atoms with Crippen molar-refractivity contribution in [3.63, 3.8) is 0 Å². The van der Waals surface area contributed by atoms with Gasteiger partial charge in [0.15, 0.2) is 23.1 Å². The molecule has 2 rings (SSSR count). The Hall–Kier alpha value is -2.36. The number of benzene rings is 1. The first-order valence-corrected chi connectivity index (χ1v) is 4.50. The maximum Gasteiger partial charge on any atom is 0.195 e. The number of aryl methyl sites for hydroxylation is 1. The van der Waals surface area contributed by atoms with Crippen LogP contribution in [0.2, 0.25) is 0 Å². The highest BCUT2D eigenvalue weighted by molar-refractivity contribution is 5.65. The van der Waals surface area contributed by atoms with Gasteiger partial charge in [-0.05, 0) is 12.1 Å². The standard InChI is InChI=1S/C10H5F3N4/c1-17-10(7(4-14)15-16-17)5-2-3-6(11)9(13)8(5)12/h2-3H,1H3. The van der Waals surface area contributed by atoms with Crippen molar-refractivity contribution in [3.8, 4) is 17.3 Å². The molecule has 86 valence electrons. The number of halogens is 3. The van der Waals surface area contributed by atoms with Crippen molar-refractivity contribution in [2.24, 2.45) is 7.05 Å². The molecule has 0 unspecified atom stereocenters. The zero-order valence-corrected chi connectivity index (χ0v) is 8.58. The largest absolute Gasteiger partial charge is 0.246 e. The van der Waals surface area contributed by atoms with Gasteiger partial charge >= 0.3 is 0 Å². The molecule has 0 fully saturated rings. The molecule has 0 aliphatic heterocycles. The molecule has 1 heterocycles. The highest BCUT2D eigenvalue weighted by atomic mass is 19.2. The summed E-state index contributed by atoms with van der Waals surface area (Å²) in [5.74, 6) is -4.25. The molecule has 2 aromatic rings. The second-order valence-corrected chi connectivity index (χ2v) is 3.24.